The normalized spacial score (nSPS) is 9.00. The van der Waals surface area contributed by atoms with Gasteiger partial charge in [-0.1, -0.05) is 0 Å². The number of nitroso groups, excluding NO2 is 1. The van der Waals surface area contributed by atoms with Gasteiger partial charge in [-0.2, -0.15) is 0 Å². The summed E-state index contributed by atoms with van der Waals surface area (Å²) in [6, 6.07) is 3.35. The second-order valence-electron chi connectivity index (χ2n) is 1.44. The molecule has 0 unspecified atom stereocenters. The van der Waals surface area contributed by atoms with E-state index in [9.17, 15) is 4.91 Å². The van der Waals surface area contributed by atoms with Crippen molar-refractivity contribution in [2.45, 2.75) is 4.90 Å². The molecule has 3 nitrogen and oxygen atoms in total. The zero-order chi connectivity index (χ0) is 6.69. The molecule has 4 heteroatoms. The highest BCUT2D eigenvalue weighted by Gasteiger charge is 1.94. The SMILES string of the molecule is O=Nc1ncccc1S. The maximum Gasteiger partial charge on any atom is 0.209 e. The predicted molar refractivity (Wildman–Crippen MR) is 36.9 cm³/mol. The highest BCUT2D eigenvalue weighted by molar-refractivity contribution is 7.80. The summed E-state index contributed by atoms with van der Waals surface area (Å²) in [6.45, 7) is 0. The molecule has 0 aliphatic carbocycles. The molecule has 1 aromatic rings. The number of aromatic nitrogens is 1. The first-order chi connectivity index (χ1) is 4.34. The number of nitrogens with zero attached hydrogens (tertiary/aromatic N) is 2. The van der Waals surface area contributed by atoms with Gasteiger partial charge in [0.2, 0.25) is 5.82 Å². The maximum absolute atomic E-state index is 9.87. The summed E-state index contributed by atoms with van der Waals surface area (Å²) in [5.74, 6) is 0.140. The Morgan fingerprint density at radius 2 is 2.44 bits per heavy atom. The second-order valence-corrected chi connectivity index (χ2v) is 1.92. The van der Waals surface area contributed by atoms with Crippen LogP contribution in [-0.2, 0) is 0 Å². The van der Waals surface area contributed by atoms with Gasteiger partial charge in [0.1, 0.15) is 0 Å². The zero-order valence-corrected chi connectivity index (χ0v) is 5.38. The lowest BCUT2D eigenvalue weighted by Gasteiger charge is -1.88. The summed E-state index contributed by atoms with van der Waals surface area (Å²) in [6.07, 6.45) is 1.50. The van der Waals surface area contributed by atoms with Crippen LogP contribution in [0.15, 0.2) is 28.4 Å². The molecule has 46 valence electrons. The summed E-state index contributed by atoms with van der Waals surface area (Å²) >= 11 is 3.92. The lowest BCUT2D eigenvalue weighted by Crippen LogP contribution is -1.71. The minimum absolute atomic E-state index is 0.140. The molecule has 0 aromatic carbocycles. The average Bonchev–Trinajstić information content (AvgIpc) is 1.89. The van der Waals surface area contributed by atoms with Crippen molar-refractivity contribution in [3.8, 4) is 0 Å². The summed E-state index contributed by atoms with van der Waals surface area (Å²) < 4.78 is 0. The number of rotatable bonds is 1. The van der Waals surface area contributed by atoms with Crippen molar-refractivity contribution in [2.75, 3.05) is 0 Å². The highest BCUT2D eigenvalue weighted by atomic mass is 32.1. The van der Waals surface area contributed by atoms with Gasteiger partial charge in [0, 0.05) is 6.20 Å². The predicted octanol–water partition coefficient (Wildman–Crippen LogP) is 1.77. The summed E-state index contributed by atoms with van der Waals surface area (Å²) in [7, 11) is 0. The van der Waals surface area contributed by atoms with Gasteiger partial charge in [-0.25, -0.2) is 4.98 Å². The first-order valence-corrected chi connectivity index (χ1v) is 2.76. The van der Waals surface area contributed by atoms with Crippen LogP contribution in [-0.4, -0.2) is 4.98 Å². The van der Waals surface area contributed by atoms with Crippen molar-refractivity contribution in [3.63, 3.8) is 0 Å². The van der Waals surface area contributed by atoms with Crippen molar-refractivity contribution in [2.24, 2.45) is 5.18 Å². The minimum Gasteiger partial charge on any atom is -0.233 e. The van der Waals surface area contributed by atoms with Crippen molar-refractivity contribution in [1.29, 1.82) is 0 Å². The van der Waals surface area contributed by atoms with E-state index in [1.54, 1.807) is 12.1 Å². The molecule has 1 heterocycles. The fraction of sp³-hybridized carbons (Fsp3) is 0. The first kappa shape index (κ1) is 6.22. The molecule has 0 spiro atoms. The van der Waals surface area contributed by atoms with Crippen molar-refractivity contribution >= 4 is 18.4 Å². The Bertz CT molecular complexity index is 226. The number of hydrogen-bond donors (Lipinski definition) is 1. The Labute approximate surface area is 57.5 Å². The molecule has 0 amide bonds. The van der Waals surface area contributed by atoms with Crippen molar-refractivity contribution in [3.05, 3.63) is 23.2 Å². The van der Waals surface area contributed by atoms with Gasteiger partial charge in [-0.05, 0) is 17.3 Å². The molecule has 9 heavy (non-hydrogen) atoms. The fourth-order valence-corrected chi connectivity index (χ4v) is 0.643. The molecule has 0 radical (unpaired) electrons. The third-order valence-corrected chi connectivity index (χ3v) is 1.20. The van der Waals surface area contributed by atoms with Gasteiger partial charge in [-0.15, -0.1) is 17.5 Å². The van der Waals surface area contributed by atoms with Gasteiger partial charge < -0.3 is 0 Å². The third kappa shape index (κ3) is 1.26. The van der Waals surface area contributed by atoms with E-state index in [4.69, 9.17) is 0 Å². The number of pyridine rings is 1. The van der Waals surface area contributed by atoms with Crippen LogP contribution in [0, 0.1) is 4.91 Å². The summed E-state index contributed by atoms with van der Waals surface area (Å²) in [5.41, 5.74) is 0. The third-order valence-electron chi connectivity index (χ3n) is 0.853. The average molecular weight is 140 g/mol. The molecule has 0 saturated heterocycles. The Hall–Kier alpha value is -0.900. The molecular formula is C5H4N2OS. The van der Waals surface area contributed by atoms with Gasteiger partial charge >= 0.3 is 0 Å². The molecule has 0 atom stereocenters. The van der Waals surface area contributed by atoms with Crippen LogP contribution in [0.5, 0.6) is 0 Å². The first-order valence-electron chi connectivity index (χ1n) is 2.32. The van der Waals surface area contributed by atoms with E-state index in [1.807, 2.05) is 0 Å². The van der Waals surface area contributed by atoms with E-state index in [0.717, 1.165) is 0 Å². The zero-order valence-electron chi connectivity index (χ0n) is 4.48. The smallest absolute Gasteiger partial charge is 0.209 e. The van der Waals surface area contributed by atoms with Crippen LogP contribution >= 0.6 is 12.6 Å². The Morgan fingerprint density at radius 3 is 2.89 bits per heavy atom. The van der Waals surface area contributed by atoms with Crippen LogP contribution in [0.2, 0.25) is 0 Å². The molecule has 0 aliphatic rings. The largest absolute Gasteiger partial charge is 0.233 e. The van der Waals surface area contributed by atoms with Crippen LogP contribution in [0.3, 0.4) is 0 Å². The quantitative estimate of drug-likeness (QED) is 0.477. The Balaban J connectivity index is 3.15. The minimum atomic E-state index is 0.140. The maximum atomic E-state index is 9.87. The molecule has 0 saturated carbocycles. The van der Waals surface area contributed by atoms with Gasteiger partial charge in [0.05, 0.1) is 4.90 Å². The summed E-state index contributed by atoms with van der Waals surface area (Å²) in [5, 5.41) is 2.63. The fourth-order valence-electron chi connectivity index (χ4n) is 0.459. The van der Waals surface area contributed by atoms with Crippen molar-refractivity contribution in [1.82, 2.24) is 4.98 Å². The monoisotopic (exact) mass is 140 g/mol. The van der Waals surface area contributed by atoms with E-state index in [1.165, 1.54) is 6.20 Å². The van der Waals surface area contributed by atoms with E-state index >= 15 is 0 Å². The highest BCUT2D eigenvalue weighted by Crippen LogP contribution is 2.17. The topological polar surface area (TPSA) is 42.3 Å². The van der Waals surface area contributed by atoms with Gasteiger partial charge in [0.25, 0.3) is 0 Å². The standard InChI is InChI=1S/C5H4N2OS/c8-7-5-4(9)2-1-3-6-5/h1-3,9H. The van der Waals surface area contributed by atoms with Gasteiger partial charge in [-0.3, -0.25) is 0 Å². The van der Waals surface area contributed by atoms with Gasteiger partial charge in [0.15, 0.2) is 0 Å². The summed E-state index contributed by atoms with van der Waals surface area (Å²) in [4.78, 5) is 14.0. The molecular weight excluding hydrogens is 136 g/mol. The molecule has 1 aromatic heterocycles. The van der Waals surface area contributed by atoms with Crippen LogP contribution in [0.25, 0.3) is 0 Å². The number of hydrogen-bond acceptors (Lipinski definition) is 4. The second kappa shape index (κ2) is 2.59. The van der Waals surface area contributed by atoms with E-state index in [0.29, 0.717) is 4.90 Å². The molecule has 0 bridgehead atoms. The molecule has 0 aliphatic heterocycles. The van der Waals surface area contributed by atoms with Crippen LogP contribution in [0.4, 0.5) is 5.82 Å². The lowest BCUT2D eigenvalue weighted by molar-refractivity contribution is 1.19. The Kier molecular flexibility index (Phi) is 1.79. The van der Waals surface area contributed by atoms with Crippen LogP contribution < -0.4 is 0 Å². The van der Waals surface area contributed by atoms with E-state index < -0.39 is 0 Å². The van der Waals surface area contributed by atoms with E-state index in [-0.39, 0.29) is 5.82 Å². The Morgan fingerprint density at radius 1 is 1.67 bits per heavy atom. The molecule has 0 fully saturated rings. The van der Waals surface area contributed by atoms with E-state index in [2.05, 4.69) is 22.8 Å². The number of thiol groups is 1. The van der Waals surface area contributed by atoms with Crippen molar-refractivity contribution < 1.29 is 0 Å². The lowest BCUT2D eigenvalue weighted by atomic mass is 10.5. The molecule has 1 rings (SSSR count). The molecule has 0 N–H and O–H groups in total. The van der Waals surface area contributed by atoms with Crippen LogP contribution in [0.1, 0.15) is 0 Å².